The second-order valence-corrected chi connectivity index (χ2v) is 7.51. The molecule has 174 valence electrons. The van der Waals surface area contributed by atoms with Crippen molar-refractivity contribution in [2.24, 2.45) is 5.10 Å². The smallest absolute Gasteiger partial charge is 0.280 e. The van der Waals surface area contributed by atoms with E-state index in [2.05, 4.69) is 32.0 Å². The highest BCUT2D eigenvalue weighted by molar-refractivity contribution is 5.81. The largest absolute Gasteiger partial charge is 0.455 e. The Bertz CT molecular complexity index is 1500. The van der Waals surface area contributed by atoms with E-state index in [4.69, 9.17) is 4.42 Å². The molecule has 4 aromatic rings. The molecule has 35 heavy (non-hydrogen) atoms. The van der Waals surface area contributed by atoms with Gasteiger partial charge in [0.25, 0.3) is 11.6 Å². The lowest BCUT2D eigenvalue weighted by Gasteiger charge is -2.04. The van der Waals surface area contributed by atoms with Crippen molar-refractivity contribution in [1.29, 1.82) is 5.26 Å². The molecule has 1 amide bonds. The first-order valence-corrected chi connectivity index (χ1v) is 10.3. The summed E-state index contributed by atoms with van der Waals surface area (Å²) in [4.78, 5) is 24.2. The summed E-state index contributed by atoms with van der Waals surface area (Å²) in [5, 5.41) is 36.3. The fourth-order valence-corrected chi connectivity index (χ4v) is 3.24. The lowest BCUT2D eigenvalue weighted by atomic mass is 10.0. The third-order valence-corrected chi connectivity index (χ3v) is 5.11. The zero-order chi connectivity index (χ0) is 24.9. The summed E-state index contributed by atoms with van der Waals surface area (Å²) in [6, 6.07) is 15.2. The number of amides is 1. The Morgan fingerprint density at radius 2 is 2.00 bits per heavy atom. The average Bonchev–Trinajstić information content (AvgIpc) is 3.50. The van der Waals surface area contributed by atoms with Crippen LogP contribution in [0.2, 0.25) is 0 Å². The van der Waals surface area contributed by atoms with Crippen LogP contribution in [0.1, 0.15) is 22.5 Å². The Hall–Kier alpha value is -5.18. The van der Waals surface area contributed by atoms with Gasteiger partial charge < -0.3 is 4.42 Å². The summed E-state index contributed by atoms with van der Waals surface area (Å²) < 4.78 is 5.66. The summed E-state index contributed by atoms with van der Waals surface area (Å²) in [6.07, 6.45) is 1.28. The molecule has 0 aliphatic carbocycles. The normalized spacial score (nSPS) is 10.9. The lowest BCUT2D eigenvalue weighted by molar-refractivity contribution is -0.384. The van der Waals surface area contributed by atoms with Gasteiger partial charge in [0.2, 0.25) is 5.82 Å². The number of aryl methyl sites for hydroxylation is 2. The molecule has 2 heterocycles. The van der Waals surface area contributed by atoms with Crippen LogP contribution in [0, 0.1) is 35.3 Å². The minimum Gasteiger partial charge on any atom is -0.455 e. The van der Waals surface area contributed by atoms with E-state index in [9.17, 15) is 20.2 Å². The van der Waals surface area contributed by atoms with E-state index in [1.54, 1.807) is 49.4 Å². The van der Waals surface area contributed by atoms with Gasteiger partial charge in [0.1, 0.15) is 18.1 Å². The molecule has 0 atom stereocenters. The summed E-state index contributed by atoms with van der Waals surface area (Å²) in [7, 11) is 0. The molecule has 0 radical (unpaired) electrons. The molecule has 0 spiro atoms. The number of hydrazone groups is 1. The van der Waals surface area contributed by atoms with Gasteiger partial charge in [0.05, 0.1) is 28.3 Å². The summed E-state index contributed by atoms with van der Waals surface area (Å²) in [5.41, 5.74) is 5.23. The molecule has 2 aromatic carbocycles. The molecule has 0 aliphatic rings. The number of tetrazole rings is 1. The van der Waals surface area contributed by atoms with Crippen LogP contribution in [0.4, 0.5) is 5.69 Å². The van der Waals surface area contributed by atoms with Gasteiger partial charge in [0, 0.05) is 11.6 Å². The second-order valence-electron chi connectivity index (χ2n) is 7.51. The van der Waals surface area contributed by atoms with Gasteiger partial charge in [-0.2, -0.15) is 15.2 Å². The first-order chi connectivity index (χ1) is 16.9. The zero-order valence-corrected chi connectivity index (χ0v) is 18.7. The van der Waals surface area contributed by atoms with Crippen LogP contribution < -0.4 is 5.43 Å². The number of nitro benzene ring substituents is 1. The number of carbonyl (C=O) groups is 1. The van der Waals surface area contributed by atoms with Gasteiger partial charge in [-0.1, -0.05) is 12.1 Å². The molecule has 2 aromatic heterocycles. The van der Waals surface area contributed by atoms with Crippen molar-refractivity contribution in [2.45, 2.75) is 20.4 Å². The van der Waals surface area contributed by atoms with Crippen molar-refractivity contribution in [3.05, 3.63) is 81.1 Å². The van der Waals surface area contributed by atoms with E-state index in [0.29, 0.717) is 28.2 Å². The molecule has 4 rings (SSSR count). The van der Waals surface area contributed by atoms with Gasteiger partial charge in [-0.05, 0) is 60.5 Å². The van der Waals surface area contributed by atoms with Crippen LogP contribution in [0.5, 0.6) is 0 Å². The van der Waals surface area contributed by atoms with Crippen LogP contribution in [-0.2, 0) is 11.3 Å². The Morgan fingerprint density at radius 1 is 1.23 bits per heavy atom. The van der Waals surface area contributed by atoms with Gasteiger partial charge in [-0.25, -0.2) is 5.43 Å². The zero-order valence-electron chi connectivity index (χ0n) is 18.7. The maximum atomic E-state index is 12.2. The van der Waals surface area contributed by atoms with E-state index in [1.165, 1.54) is 12.3 Å². The molecule has 0 bridgehead atoms. The summed E-state index contributed by atoms with van der Waals surface area (Å²) >= 11 is 0. The molecule has 0 fully saturated rings. The quantitative estimate of drug-likeness (QED) is 0.244. The van der Waals surface area contributed by atoms with Crippen LogP contribution >= 0.6 is 0 Å². The predicted octanol–water partition coefficient (Wildman–Crippen LogP) is 3.15. The number of nitrogens with zero attached hydrogens (tertiary/aromatic N) is 7. The molecule has 12 heteroatoms. The van der Waals surface area contributed by atoms with E-state index in [1.807, 2.05) is 6.92 Å². The third kappa shape index (κ3) is 5.09. The Labute approximate surface area is 198 Å². The standard InChI is InChI=1S/C23H18N8O4/c1-14-9-19(20(31(33)34)10-15(14)2)21-8-7-17(35-21)12-25-26-22(32)13-30-28-23(27-29-30)18-6-4-3-5-16(18)11-24/h3-10,12H,13H2,1-2H3,(H,26,32). The second kappa shape index (κ2) is 9.75. The van der Waals surface area contributed by atoms with Crippen LogP contribution in [0.3, 0.4) is 0 Å². The number of hydrogen-bond donors (Lipinski definition) is 1. The topological polar surface area (TPSA) is 165 Å². The summed E-state index contributed by atoms with van der Waals surface area (Å²) in [5.74, 6) is 0.309. The van der Waals surface area contributed by atoms with E-state index in [-0.39, 0.29) is 18.1 Å². The Kier molecular flexibility index (Phi) is 6.41. The molecule has 1 N–H and O–H groups in total. The third-order valence-electron chi connectivity index (χ3n) is 5.11. The van der Waals surface area contributed by atoms with Crippen LogP contribution in [-0.4, -0.2) is 37.3 Å². The number of aromatic nitrogens is 4. The fourth-order valence-electron chi connectivity index (χ4n) is 3.24. The van der Waals surface area contributed by atoms with Gasteiger partial charge in [0.15, 0.2) is 0 Å². The number of nitriles is 1. The highest BCUT2D eigenvalue weighted by atomic mass is 16.6. The Morgan fingerprint density at radius 3 is 2.77 bits per heavy atom. The molecule has 0 unspecified atom stereocenters. The van der Waals surface area contributed by atoms with Crippen molar-refractivity contribution in [3.8, 4) is 28.8 Å². The maximum absolute atomic E-state index is 12.2. The first kappa shape index (κ1) is 23.0. The SMILES string of the molecule is Cc1cc(-c2ccc(C=NNC(=O)Cn3nnc(-c4ccccc4C#N)n3)o2)c([N+](=O)[O-])cc1C. The average molecular weight is 470 g/mol. The highest BCUT2D eigenvalue weighted by Gasteiger charge is 2.19. The van der Waals surface area contributed by atoms with Crippen molar-refractivity contribution >= 4 is 17.8 Å². The minimum absolute atomic E-state index is 0.0589. The Balaban J connectivity index is 1.41. The molecular weight excluding hydrogens is 452 g/mol. The number of benzene rings is 2. The number of hydrogen-bond acceptors (Lipinski definition) is 9. The first-order valence-electron chi connectivity index (χ1n) is 10.3. The van der Waals surface area contributed by atoms with E-state index < -0.39 is 10.8 Å². The van der Waals surface area contributed by atoms with Crippen LogP contribution in [0.25, 0.3) is 22.7 Å². The van der Waals surface area contributed by atoms with Gasteiger partial charge >= 0.3 is 0 Å². The molecule has 0 saturated carbocycles. The number of nitrogens with one attached hydrogen (secondary N) is 1. The van der Waals surface area contributed by atoms with Gasteiger partial charge in [-0.3, -0.25) is 14.9 Å². The lowest BCUT2D eigenvalue weighted by Crippen LogP contribution is -2.24. The number of nitro groups is 1. The van der Waals surface area contributed by atoms with E-state index >= 15 is 0 Å². The molecular formula is C23H18N8O4. The van der Waals surface area contributed by atoms with Crippen LogP contribution in [0.15, 0.2) is 58.0 Å². The molecule has 12 nitrogen and oxygen atoms in total. The van der Waals surface area contributed by atoms with Crippen molar-refractivity contribution in [1.82, 2.24) is 25.6 Å². The summed E-state index contributed by atoms with van der Waals surface area (Å²) in [6.45, 7) is 3.41. The molecule has 0 aliphatic heterocycles. The maximum Gasteiger partial charge on any atom is 0.280 e. The number of rotatable bonds is 7. The minimum atomic E-state index is -0.518. The highest BCUT2D eigenvalue weighted by Crippen LogP contribution is 2.33. The van der Waals surface area contributed by atoms with Crippen molar-refractivity contribution < 1.29 is 14.1 Å². The predicted molar refractivity (Wildman–Crippen MR) is 124 cm³/mol. The fraction of sp³-hybridized carbons (Fsp3) is 0.130. The monoisotopic (exact) mass is 470 g/mol. The van der Waals surface area contributed by atoms with E-state index in [0.717, 1.165) is 15.9 Å². The van der Waals surface area contributed by atoms with Crippen molar-refractivity contribution in [3.63, 3.8) is 0 Å². The van der Waals surface area contributed by atoms with Gasteiger partial charge in [-0.15, -0.1) is 10.2 Å². The van der Waals surface area contributed by atoms with Crippen molar-refractivity contribution in [2.75, 3.05) is 0 Å². The number of furan rings is 1. The molecule has 0 saturated heterocycles. The number of carbonyl (C=O) groups excluding carboxylic acids is 1.